The Morgan fingerprint density at radius 2 is 1.78 bits per heavy atom. The van der Waals surface area contributed by atoms with E-state index in [9.17, 15) is 4.39 Å². The number of benzene rings is 2. The zero-order valence-corrected chi connectivity index (χ0v) is 17.2. The van der Waals surface area contributed by atoms with Crippen LogP contribution in [0, 0.1) is 12.7 Å². The van der Waals surface area contributed by atoms with E-state index in [-0.39, 0.29) is 5.82 Å². The van der Waals surface area contributed by atoms with Crippen LogP contribution in [0.2, 0.25) is 0 Å². The zero-order chi connectivity index (χ0) is 21.7. The maximum Gasteiger partial charge on any atom is 0.155 e. The largest absolute Gasteiger partial charge is 0.353 e. The summed E-state index contributed by atoms with van der Waals surface area (Å²) in [6.45, 7) is 1.90. The summed E-state index contributed by atoms with van der Waals surface area (Å²) in [5.41, 5.74) is 7.81. The predicted molar refractivity (Wildman–Crippen MR) is 125 cm³/mol. The van der Waals surface area contributed by atoms with Gasteiger partial charge in [-0.05, 0) is 66.1 Å². The van der Waals surface area contributed by atoms with Crippen LogP contribution in [0.1, 0.15) is 5.56 Å². The van der Waals surface area contributed by atoms with Crippen molar-refractivity contribution in [2.45, 2.75) is 6.92 Å². The van der Waals surface area contributed by atoms with Crippen molar-refractivity contribution in [3.8, 4) is 33.8 Å². The van der Waals surface area contributed by atoms with Crippen LogP contribution in [0.3, 0.4) is 0 Å². The van der Waals surface area contributed by atoms with Crippen molar-refractivity contribution in [1.29, 1.82) is 0 Å². The molecule has 154 valence electrons. The molecule has 4 heterocycles. The van der Waals surface area contributed by atoms with E-state index >= 15 is 0 Å². The maximum absolute atomic E-state index is 14.1. The van der Waals surface area contributed by atoms with Gasteiger partial charge >= 0.3 is 0 Å². The normalized spacial score (nSPS) is 11.4. The molecule has 0 atom stereocenters. The van der Waals surface area contributed by atoms with Crippen molar-refractivity contribution in [2.24, 2.45) is 0 Å². The van der Waals surface area contributed by atoms with Crippen LogP contribution in [0.5, 0.6) is 0 Å². The van der Waals surface area contributed by atoms with Gasteiger partial charge < -0.3 is 4.98 Å². The van der Waals surface area contributed by atoms with Crippen molar-refractivity contribution < 1.29 is 4.39 Å². The summed E-state index contributed by atoms with van der Waals surface area (Å²) in [4.78, 5) is 12.4. The van der Waals surface area contributed by atoms with E-state index in [0.29, 0.717) is 5.65 Å². The molecule has 32 heavy (non-hydrogen) atoms. The second-order valence-electron chi connectivity index (χ2n) is 7.87. The Kier molecular flexibility index (Phi) is 4.11. The fourth-order valence-corrected chi connectivity index (χ4v) is 4.21. The third-order valence-corrected chi connectivity index (χ3v) is 5.65. The molecule has 6 rings (SSSR count). The van der Waals surface area contributed by atoms with Gasteiger partial charge in [0.25, 0.3) is 0 Å². The standard InChI is InChI=1S/C26H18FN5/c1-15-9-16(11-18(27)10-15)19-5-4-7-23-20(19)13-24(30-23)25-21-12-17(14-29-26(21)32-31-25)22-6-2-3-8-28-22/h2-14,30H,1H3,(H,29,31,32). The van der Waals surface area contributed by atoms with Crippen LogP contribution < -0.4 is 0 Å². The molecule has 5 nitrogen and oxygen atoms in total. The first kappa shape index (κ1) is 18.4. The number of pyridine rings is 2. The highest BCUT2D eigenvalue weighted by Crippen LogP contribution is 2.35. The maximum atomic E-state index is 14.1. The number of H-pyrrole nitrogens is 2. The lowest BCUT2D eigenvalue weighted by molar-refractivity contribution is 0.627. The fourth-order valence-electron chi connectivity index (χ4n) is 4.21. The third-order valence-electron chi connectivity index (χ3n) is 5.65. The Morgan fingerprint density at radius 1 is 0.844 bits per heavy atom. The van der Waals surface area contributed by atoms with E-state index in [0.717, 1.165) is 55.6 Å². The minimum Gasteiger partial charge on any atom is -0.353 e. The summed E-state index contributed by atoms with van der Waals surface area (Å²) >= 11 is 0. The first-order chi connectivity index (χ1) is 15.7. The van der Waals surface area contributed by atoms with Gasteiger partial charge in [-0.1, -0.05) is 24.3 Å². The van der Waals surface area contributed by atoms with Crippen molar-refractivity contribution in [1.82, 2.24) is 25.1 Å². The van der Waals surface area contributed by atoms with Gasteiger partial charge in [0.05, 0.1) is 11.4 Å². The lowest BCUT2D eigenvalue weighted by atomic mass is 9.99. The van der Waals surface area contributed by atoms with Crippen molar-refractivity contribution in [2.75, 3.05) is 0 Å². The summed E-state index contributed by atoms with van der Waals surface area (Å²) in [5.74, 6) is -0.237. The number of aromatic nitrogens is 5. The van der Waals surface area contributed by atoms with Gasteiger partial charge in [-0.25, -0.2) is 9.37 Å². The van der Waals surface area contributed by atoms with Crippen LogP contribution in [0.15, 0.2) is 79.1 Å². The number of fused-ring (bicyclic) bond motifs is 2. The molecule has 0 unspecified atom stereocenters. The predicted octanol–water partition coefficient (Wildman–Crippen LogP) is 6.28. The number of hydrogen-bond acceptors (Lipinski definition) is 3. The number of nitrogens with zero attached hydrogens (tertiary/aromatic N) is 3. The number of nitrogens with one attached hydrogen (secondary N) is 2. The molecule has 0 aliphatic carbocycles. The van der Waals surface area contributed by atoms with Gasteiger partial charge in [-0.3, -0.25) is 10.1 Å². The first-order valence-corrected chi connectivity index (χ1v) is 10.3. The quantitative estimate of drug-likeness (QED) is 0.354. The van der Waals surface area contributed by atoms with Crippen molar-refractivity contribution in [3.63, 3.8) is 0 Å². The highest BCUT2D eigenvalue weighted by Gasteiger charge is 2.15. The molecule has 0 spiro atoms. The molecular weight excluding hydrogens is 401 g/mol. The monoisotopic (exact) mass is 419 g/mol. The summed E-state index contributed by atoms with van der Waals surface area (Å²) < 4.78 is 14.1. The smallest absolute Gasteiger partial charge is 0.155 e. The summed E-state index contributed by atoms with van der Waals surface area (Å²) in [6.07, 6.45) is 3.56. The second-order valence-corrected chi connectivity index (χ2v) is 7.87. The number of aromatic amines is 2. The van der Waals surface area contributed by atoms with Crippen molar-refractivity contribution >= 4 is 21.9 Å². The van der Waals surface area contributed by atoms with E-state index < -0.39 is 0 Å². The number of aryl methyl sites for hydroxylation is 1. The summed E-state index contributed by atoms with van der Waals surface area (Å²) in [5, 5.41) is 9.46. The van der Waals surface area contributed by atoms with Crippen molar-refractivity contribution in [3.05, 3.63) is 90.5 Å². The number of halogens is 1. The van der Waals surface area contributed by atoms with Crippen LogP contribution in [-0.4, -0.2) is 25.1 Å². The van der Waals surface area contributed by atoms with E-state index in [1.54, 1.807) is 18.5 Å². The molecule has 0 saturated carbocycles. The van der Waals surface area contributed by atoms with E-state index in [1.807, 2.05) is 55.5 Å². The average molecular weight is 419 g/mol. The van der Waals surface area contributed by atoms with Gasteiger partial charge in [0.1, 0.15) is 11.5 Å². The molecule has 0 aliphatic heterocycles. The molecule has 0 aliphatic rings. The summed E-state index contributed by atoms with van der Waals surface area (Å²) in [7, 11) is 0. The van der Waals surface area contributed by atoms with E-state index in [4.69, 9.17) is 0 Å². The lowest BCUT2D eigenvalue weighted by Gasteiger charge is -2.05. The van der Waals surface area contributed by atoms with Gasteiger partial charge in [0, 0.05) is 34.2 Å². The SMILES string of the molecule is Cc1cc(F)cc(-c2cccc3[nH]c(-c4n[nH]c5ncc(-c6ccccn6)cc45)cc23)c1. The van der Waals surface area contributed by atoms with Crippen LogP contribution in [0.4, 0.5) is 4.39 Å². The molecule has 2 aromatic carbocycles. The molecule has 4 aromatic heterocycles. The molecule has 2 N–H and O–H groups in total. The molecular formula is C26H18FN5. The lowest BCUT2D eigenvalue weighted by Crippen LogP contribution is -1.85. The molecule has 0 bridgehead atoms. The van der Waals surface area contributed by atoms with E-state index in [2.05, 4.69) is 31.2 Å². The minimum absolute atomic E-state index is 0.237. The second kappa shape index (κ2) is 7.13. The Morgan fingerprint density at radius 3 is 2.62 bits per heavy atom. The molecule has 0 fully saturated rings. The van der Waals surface area contributed by atoms with Crippen LogP contribution >= 0.6 is 0 Å². The third kappa shape index (κ3) is 3.04. The Hall–Kier alpha value is -4.32. The molecule has 6 heteroatoms. The average Bonchev–Trinajstić information content (AvgIpc) is 3.42. The Bertz CT molecular complexity index is 1580. The minimum atomic E-state index is -0.237. The molecule has 0 radical (unpaired) electrons. The van der Waals surface area contributed by atoms with Gasteiger partial charge in [-0.15, -0.1) is 0 Å². The molecule has 0 saturated heterocycles. The van der Waals surface area contributed by atoms with Gasteiger partial charge in [0.15, 0.2) is 5.65 Å². The fraction of sp³-hybridized carbons (Fsp3) is 0.0385. The zero-order valence-electron chi connectivity index (χ0n) is 17.2. The number of rotatable bonds is 3. The van der Waals surface area contributed by atoms with E-state index in [1.165, 1.54) is 6.07 Å². The Balaban J connectivity index is 1.52. The van der Waals surface area contributed by atoms with Gasteiger partial charge in [-0.2, -0.15) is 5.10 Å². The highest BCUT2D eigenvalue weighted by atomic mass is 19.1. The Labute approximate surface area is 183 Å². The first-order valence-electron chi connectivity index (χ1n) is 10.3. The summed E-state index contributed by atoms with van der Waals surface area (Å²) in [6, 6.07) is 21.0. The van der Waals surface area contributed by atoms with Gasteiger partial charge in [0.2, 0.25) is 0 Å². The molecule has 0 amide bonds. The topological polar surface area (TPSA) is 70.2 Å². The highest BCUT2D eigenvalue weighted by molar-refractivity contribution is 6.01. The molecule has 6 aromatic rings. The number of hydrogen-bond donors (Lipinski definition) is 2. The van der Waals surface area contributed by atoms with Crippen LogP contribution in [-0.2, 0) is 0 Å². The van der Waals surface area contributed by atoms with Crippen LogP contribution in [0.25, 0.3) is 55.7 Å².